The third kappa shape index (κ3) is 5.28. The van der Waals surface area contributed by atoms with Gasteiger partial charge < -0.3 is 0 Å². The van der Waals surface area contributed by atoms with Crippen LogP contribution < -0.4 is 5.32 Å². The van der Waals surface area contributed by atoms with Gasteiger partial charge in [0.15, 0.2) is 12.1 Å². The van der Waals surface area contributed by atoms with Crippen molar-refractivity contribution in [1.29, 1.82) is 0 Å². The molecule has 0 unspecified atom stereocenters. The van der Waals surface area contributed by atoms with Crippen molar-refractivity contribution in [3.63, 3.8) is 0 Å². The number of amides is 2. The van der Waals surface area contributed by atoms with E-state index in [-0.39, 0.29) is 18.1 Å². The molecular weight excluding hydrogens is 162 g/mol. The topological polar surface area (TPSA) is 80.3 Å². The number of imide groups is 1. The second-order valence-corrected chi connectivity index (χ2v) is 2.20. The van der Waals surface area contributed by atoms with Gasteiger partial charge in [-0.25, -0.2) is 0 Å². The number of aldehydes is 1. The molecule has 0 atom stereocenters. The van der Waals surface area contributed by atoms with Gasteiger partial charge in [-0.15, -0.1) is 0 Å². The first-order valence-corrected chi connectivity index (χ1v) is 3.34. The summed E-state index contributed by atoms with van der Waals surface area (Å²) < 4.78 is 0. The third-order valence-electron chi connectivity index (χ3n) is 1.02. The molecule has 1 heterocycles. The molecule has 0 bridgehead atoms. The molecule has 1 fully saturated rings. The minimum atomic E-state index is -0.426. The highest BCUT2D eigenvalue weighted by Crippen LogP contribution is 1.95. The molecule has 5 nitrogen and oxygen atoms in total. The van der Waals surface area contributed by atoms with Crippen molar-refractivity contribution >= 4 is 23.9 Å². The normalized spacial score (nSPS) is 14.4. The standard InChI is InChI=1S/C4H5NO2.C3H4O2/c6-3-1-2-4(7)5-3;1-3(5)2-4/h1-2H2,(H,5,6,7);2H,1H3. The lowest BCUT2D eigenvalue weighted by Gasteiger charge is -1.79. The SMILES string of the molecule is CC(=O)C=O.O=C1CCC(=O)N1. The second kappa shape index (κ2) is 5.17. The van der Waals surface area contributed by atoms with Gasteiger partial charge in [-0.3, -0.25) is 24.5 Å². The maximum absolute atomic E-state index is 10.1. The zero-order valence-corrected chi connectivity index (χ0v) is 6.62. The Morgan fingerprint density at radius 3 is 1.75 bits per heavy atom. The number of nitrogens with one attached hydrogen (secondary N) is 1. The van der Waals surface area contributed by atoms with Crippen molar-refractivity contribution in [2.24, 2.45) is 0 Å². The number of hydrogen-bond acceptors (Lipinski definition) is 4. The Balaban J connectivity index is 0.000000217. The van der Waals surface area contributed by atoms with E-state index < -0.39 is 5.78 Å². The maximum Gasteiger partial charge on any atom is 0.227 e. The Kier molecular flexibility index (Phi) is 4.52. The summed E-state index contributed by atoms with van der Waals surface area (Å²) in [5.74, 6) is -0.722. The zero-order valence-electron chi connectivity index (χ0n) is 6.62. The highest BCUT2D eigenvalue weighted by Gasteiger charge is 2.15. The fraction of sp³-hybridized carbons (Fsp3) is 0.429. The first kappa shape index (κ1) is 10.5. The number of rotatable bonds is 1. The minimum Gasteiger partial charge on any atom is -0.296 e. The first-order valence-electron chi connectivity index (χ1n) is 3.34. The average Bonchev–Trinajstić information content (AvgIpc) is 2.36. The lowest BCUT2D eigenvalue weighted by atomic mass is 10.4. The summed E-state index contributed by atoms with van der Waals surface area (Å²) in [7, 11) is 0. The van der Waals surface area contributed by atoms with Crippen LogP contribution in [0.15, 0.2) is 0 Å². The quantitative estimate of drug-likeness (QED) is 0.318. The number of carbonyl (C=O) groups is 4. The van der Waals surface area contributed by atoms with Gasteiger partial charge in [0, 0.05) is 19.8 Å². The van der Waals surface area contributed by atoms with Crippen LogP contribution in [0.4, 0.5) is 0 Å². The average molecular weight is 171 g/mol. The summed E-state index contributed by atoms with van der Waals surface area (Å²) in [6.07, 6.45) is 1.03. The van der Waals surface area contributed by atoms with Gasteiger partial charge in [-0.05, 0) is 0 Å². The van der Waals surface area contributed by atoms with Crippen molar-refractivity contribution in [1.82, 2.24) is 5.32 Å². The zero-order chi connectivity index (χ0) is 9.56. The van der Waals surface area contributed by atoms with Crippen LogP contribution in [0.5, 0.6) is 0 Å². The largest absolute Gasteiger partial charge is 0.296 e. The molecule has 66 valence electrons. The van der Waals surface area contributed by atoms with Crippen LogP contribution in [-0.2, 0) is 19.2 Å². The molecule has 0 spiro atoms. The molecule has 1 saturated heterocycles. The number of carbonyl (C=O) groups excluding carboxylic acids is 4. The molecule has 1 N–H and O–H groups in total. The lowest BCUT2D eigenvalue weighted by Crippen LogP contribution is -2.18. The van der Waals surface area contributed by atoms with E-state index in [1.165, 1.54) is 6.92 Å². The molecule has 0 radical (unpaired) electrons. The summed E-state index contributed by atoms with van der Waals surface area (Å²) in [5.41, 5.74) is 0. The second-order valence-electron chi connectivity index (χ2n) is 2.20. The van der Waals surface area contributed by atoms with Gasteiger partial charge >= 0.3 is 0 Å². The third-order valence-corrected chi connectivity index (χ3v) is 1.02. The number of hydrogen-bond donors (Lipinski definition) is 1. The highest BCUT2D eigenvalue weighted by atomic mass is 16.2. The van der Waals surface area contributed by atoms with E-state index >= 15 is 0 Å². The predicted molar refractivity (Wildman–Crippen MR) is 39.1 cm³/mol. The Bertz CT molecular complexity index is 207. The minimum absolute atomic E-state index is 0.148. The maximum atomic E-state index is 10.1. The van der Waals surface area contributed by atoms with Gasteiger partial charge in [0.25, 0.3) is 0 Å². The molecule has 12 heavy (non-hydrogen) atoms. The molecular formula is C7H9NO4. The Hall–Kier alpha value is -1.52. The molecule has 0 aromatic carbocycles. The van der Waals surface area contributed by atoms with Crippen molar-refractivity contribution in [2.75, 3.05) is 0 Å². The van der Waals surface area contributed by atoms with Gasteiger partial charge in [0.05, 0.1) is 0 Å². The fourth-order valence-electron chi connectivity index (χ4n) is 0.508. The summed E-state index contributed by atoms with van der Waals surface area (Å²) in [5, 5.41) is 2.14. The van der Waals surface area contributed by atoms with E-state index in [4.69, 9.17) is 4.79 Å². The summed E-state index contributed by atoms with van der Waals surface area (Å²) in [4.78, 5) is 38.8. The van der Waals surface area contributed by atoms with Crippen molar-refractivity contribution in [2.45, 2.75) is 19.8 Å². The Labute approximate surface area is 69.1 Å². The lowest BCUT2D eigenvalue weighted by molar-refractivity contribution is -0.128. The Morgan fingerprint density at radius 2 is 1.67 bits per heavy atom. The predicted octanol–water partition coefficient (Wildman–Crippen LogP) is -0.803. The summed E-state index contributed by atoms with van der Waals surface area (Å²) in [6, 6.07) is 0. The van der Waals surface area contributed by atoms with Gasteiger partial charge in [0.2, 0.25) is 11.8 Å². The molecule has 1 aliphatic heterocycles. The van der Waals surface area contributed by atoms with Crippen LogP contribution in [-0.4, -0.2) is 23.9 Å². The van der Waals surface area contributed by atoms with Gasteiger partial charge in [-0.2, -0.15) is 0 Å². The molecule has 1 rings (SSSR count). The Morgan fingerprint density at radius 1 is 1.33 bits per heavy atom. The van der Waals surface area contributed by atoms with Gasteiger partial charge in [0.1, 0.15) is 0 Å². The van der Waals surface area contributed by atoms with E-state index in [2.05, 4.69) is 5.32 Å². The van der Waals surface area contributed by atoms with E-state index in [0.29, 0.717) is 12.8 Å². The van der Waals surface area contributed by atoms with Crippen molar-refractivity contribution in [3.8, 4) is 0 Å². The van der Waals surface area contributed by atoms with Crippen LogP contribution >= 0.6 is 0 Å². The smallest absolute Gasteiger partial charge is 0.227 e. The molecule has 0 aliphatic carbocycles. The van der Waals surface area contributed by atoms with Gasteiger partial charge in [-0.1, -0.05) is 0 Å². The number of Topliss-reactive ketones (excluding diaryl/α,β-unsaturated/α-hetero) is 1. The molecule has 0 aromatic heterocycles. The van der Waals surface area contributed by atoms with Crippen LogP contribution in [0.1, 0.15) is 19.8 Å². The molecule has 0 saturated carbocycles. The molecule has 0 aromatic rings. The molecule has 1 aliphatic rings. The van der Waals surface area contributed by atoms with E-state index in [1.54, 1.807) is 0 Å². The molecule has 5 heteroatoms. The fourth-order valence-corrected chi connectivity index (χ4v) is 0.508. The first-order chi connectivity index (χ1) is 5.56. The van der Waals surface area contributed by atoms with E-state index in [9.17, 15) is 14.4 Å². The van der Waals surface area contributed by atoms with Crippen molar-refractivity contribution < 1.29 is 19.2 Å². The summed E-state index contributed by atoms with van der Waals surface area (Å²) in [6.45, 7) is 1.22. The van der Waals surface area contributed by atoms with Crippen LogP contribution in [0.3, 0.4) is 0 Å². The van der Waals surface area contributed by atoms with Crippen LogP contribution in [0, 0.1) is 0 Å². The van der Waals surface area contributed by atoms with Crippen molar-refractivity contribution in [3.05, 3.63) is 0 Å². The van der Waals surface area contributed by atoms with E-state index in [0.717, 1.165) is 0 Å². The summed E-state index contributed by atoms with van der Waals surface area (Å²) >= 11 is 0. The number of ketones is 1. The molecule has 2 amide bonds. The van der Waals surface area contributed by atoms with Crippen LogP contribution in [0.2, 0.25) is 0 Å². The van der Waals surface area contributed by atoms with Crippen LogP contribution in [0.25, 0.3) is 0 Å². The highest BCUT2D eigenvalue weighted by molar-refractivity contribution is 6.23. The monoisotopic (exact) mass is 171 g/mol. The van der Waals surface area contributed by atoms with E-state index in [1.807, 2.05) is 0 Å².